The Labute approximate surface area is 244 Å². The molecule has 0 unspecified atom stereocenters. The maximum Gasteiger partial charge on any atom is 1.00 e. The normalized spacial score (nSPS) is 9.85. The molecule has 10 nitrogen and oxygen atoms in total. The molecule has 0 aromatic heterocycles. The third kappa shape index (κ3) is 16.7. The second-order valence-corrected chi connectivity index (χ2v) is 6.98. The molecule has 178 valence electrons. The molecule has 0 aliphatic rings. The molecule has 1 aromatic rings. The third-order valence-electron chi connectivity index (χ3n) is 4.26. The van der Waals surface area contributed by atoms with Crippen LogP contribution in [0.2, 0.25) is 0 Å². The van der Waals surface area contributed by atoms with Gasteiger partial charge in [0.1, 0.15) is 12.9 Å². The van der Waals surface area contributed by atoms with Gasteiger partial charge in [-0.05, 0) is 18.4 Å². The van der Waals surface area contributed by atoms with Crippen LogP contribution < -0.4 is 74.1 Å². The second-order valence-electron chi connectivity index (χ2n) is 6.98. The minimum absolute atomic E-state index is 0. The molecule has 1 aromatic carbocycles. The molecule has 0 fully saturated rings. The van der Waals surface area contributed by atoms with Crippen molar-refractivity contribution in [3.05, 3.63) is 35.1 Å². The molecule has 1 rings (SSSR count). The van der Waals surface area contributed by atoms with Crippen LogP contribution in [0.1, 0.15) is 39.1 Å². The van der Waals surface area contributed by atoms with Crippen molar-refractivity contribution in [2.75, 3.05) is 33.4 Å². The Morgan fingerprint density at radius 3 is 2.48 bits per heavy atom. The largest absolute Gasteiger partial charge is 1.00 e. The van der Waals surface area contributed by atoms with Crippen LogP contribution in [-0.4, -0.2) is 63.3 Å². The smallest absolute Gasteiger partial charge is 0.625 e. The summed E-state index contributed by atoms with van der Waals surface area (Å²) in [5, 5.41) is 11.7. The van der Waals surface area contributed by atoms with E-state index in [1.165, 1.54) is 7.05 Å². The summed E-state index contributed by atoms with van der Waals surface area (Å²) in [5.41, 5.74) is 1.05. The molecule has 0 aliphatic carbocycles. The van der Waals surface area contributed by atoms with Gasteiger partial charge in [0, 0.05) is 34.4 Å². The van der Waals surface area contributed by atoms with E-state index in [9.17, 15) is 24.0 Å². The quantitative estimate of drug-likeness (QED) is 0.168. The summed E-state index contributed by atoms with van der Waals surface area (Å²) in [6.07, 6.45) is 4.12. The third-order valence-corrected chi connectivity index (χ3v) is 4.26. The van der Waals surface area contributed by atoms with Crippen molar-refractivity contribution in [3.8, 4) is 0 Å². The van der Waals surface area contributed by atoms with Crippen LogP contribution in [0.3, 0.4) is 0 Å². The van der Waals surface area contributed by atoms with Crippen molar-refractivity contribution in [2.24, 2.45) is 0 Å². The average molecular weight is 535 g/mol. The zero-order valence-corrected chi connectivity index (χ0v) is 24.3. The molecular weight excluding hydrogens is 502 g/mol. The van der Waals surface area contributed by atoms with Crippen molar-refractivity contribution in [1.29, 1.82) is 0 Å². The molecule has 0 saturated carbocycles. The summed E-state index contributed by atoms with van der Waals surface area (Å²) < 4.78 is 5.09. The first-order chi connectivity index (χ1) is 15.4. The number of carbonyl (C=O) groups is 5. The first kappa shape index (κ1) is 31.5. The Morgan fingerprint density at radius 2 is 1.76 bits per heavy atom. The van der Waals surface area contributed by atoms with E-state index in [-0.39, 0.29) is 110 Å². The van der Waals surface area contributed by atoms with Gasteiger partial charge in [-0.25, -0.2) is 0 Å². The number of hydrogen-bond acceptors (Lipinski definition) is 6. The van der Waals surface area contributed by atoms with Crippen LogP contribution in [0, 0.1) is 0 Å². The van der Waals surface area contributed by atoms with Gasteiger partial charge in [-0.15, -0.1) is 5.69 Å². The van der Waals surface area contributed by atoms with Crippen LogP contribution in [0.4, 0.5) is 5.69 Å². The van der Waals surface area contributed by atoms with Gasteiger partial charge >= 0.3 is 58.2 Å². The summed E-state index contributed by atoms with van der Waals surface area (Å²) in [6.45, 7) is 0.153. The Kier molecular flexibility index (Phi) is 19.1. The van der Waals surface area contributed by atoms with Gasteiger partial charge in [-0.2, -0.15) is 0 Å². The first-order valence-electron chi connectivity index (χ1n) is 10.5. The average Bonchev–Trinajstić information content (AvgIpc) is 2.76. The van der Waals surface area contributed by atoms with E-state index in [4.69, 9.17) is 4.74 Å². The van der Waals surface area contributed by atoms with Crippen molar-refractivity contribution < 1.29 is 88.3 Å². The van der Waals surface area contributed by atoms with Gasteiger partial charge in [0.15, 0.2) is 0 Å². The predicted molar refractivity (Wildman–Crippen MR) is 120 cm³/mol. The van der Waals surface area contributed by atoms with Crippen molar-refractivity contribution in [2.45, 2.75) is 38.5 Å². The van der Waals surface area contributed by atoms with Crippen molar-refractivity contribution in [3.63, 3.8) is 0 Å². The number of ether oxygens (including phenoxy) is 1. The van der Waals surface area contributed by atoms with Crippen LogP contribution >= 0.6 is 0 Å². The van der Waals surface area contributed by atoms with Gasteiger partial charge in [0.25, 0.3) is 0 Å². The van der Waals surface area contributed by atoms with Gasteiger partial charge in [0.2, 0.25) is 17.7 Å². The molecule has 11 heteroatoms. The van der Waals surface area contributed by atoms with Gasteiger partial charge < -0.3 is 35.6 Å². The fourth-order valence-corrected chi connectivity index (χ4v) is 2.64. The molecule has 0 spiro atoms. The second kappa shape index (κ2) is 20.0. The van der Waals surface area contributed by atoms with E-state index < -0.39 is 5.91 Å². The predicted octanol–water partition coefficient (Wildman–Crippen LogP) is -1.84. The maximum absolute atomic E-state index is 12.0. The topological polar surface area (TPSA) is 145 Å². The molecule has 4 amide bonds. The fourth-order valence-electron chi connectivity index (χ4n) is 2.64. The summed E-state index contributed by atoms with van der Waals surface area (Å²) in [5.74, 6) is -1.26. The molecule has 0 aliphatic heterocycles. The summed E-state index contributed by atoms with van der Waals surface area (Å²) >= 11 is 0. The zero-order chi connectivity index (χ0) is 23.6. The first-order valence-corrected chi connectivity index (χ1v) is 10.5. The maximum atomic E-state index is 12.0. The van der Waals surface area contributed by atoms with Crippen LogP contribution in [0.5, 0.6) is 0 Å². The number of aldehydes is 1. The monoisotopic (exact) mass is 534 g/mol. The van der Waals surface area contributed by atoms with E-state index in [0.29, 0.717) is 24.2 Å². The van der Waals surface area contributed by atoms with Crippen molar-refractivity contribution in [1.82, 2.24) is 16.0 Å². The van der Waals surface area contributed by atoms with Crippen LogP contribution in [0.25, 0.3) is 5.32 Å². The number of unbranched alkanes of at least 4 members (excludes halogenated alkanes) is 3. The Bertz CT molecular complexity index is 782. The molecule has 3 N–H and O–H groups in total. The van der Waals surface area contributed by atoms with E-state index in [1.807, 2.05) is 0 Å². The molecule has 0 atom stereocenters. The van der Waals surface area contributed by atoms with Crippen LogP contribution in [-0.2, 0) is 35.1 Å². The van der Waals surface area contributed by atoms with E-state index in [0.717, 1.165) is 25.5 Å². The van der Waals surface area contributed by atoms with E-state index >= 15 is 0 Å². The molecule has 0 saturated heterocycles. The van der Waals surface area contributed by atoms with Gasteiger partial charge in [0.05, 0.1) is 18.9 Å². The Hall–Kier alpha value is -1.46. The van der Waals surface area contributed by atoms with Gasteiger partial charge in [-0.3, -0.25) is 14.4 Å². The van der Waals surface area contributed by atoms with E-state index in [1.54, 1.807) is 24.3 Å². The molecule has 33 heavy (non-hydrogen) atoms. The summed E-state index contributed by atoms with van der Waals surface area (Å²) in [6, 6.07) is 6.67. The molecule has 0 radical (unpaired) electrons. The van der Waals surface area contributed by atoms with Crippen molar-refractivity contribution >= 4 is 35.6 Å². The number of rotatable bonds is 16. The molecule has 0 bridgehead atoms. The van der Waals surface area contributed by atoms with Gasteiger partial charge in [-0.1, -0.05) is 30.7 Å². The Morgan fingerprint density at radius 1 is 1.00 bits per heavy atom. The molecular formula is C22H33N4O6Rb. The standard InChI is InChI=1S/C22H32N4O6.Rb.H2/c1-23-19(28)9-11-25-20(29)14-17-7-6-8-18(13-17)26-22(31)16-32-15-21(30)24-10-4-2-3-5-12-27;;/h6-8,12-13H,2-5,9-11,14-16H2,1H3,(H4,23,24,25,26,28,29,30,31);;1H/q;+1;/p-1. The Balaban J connectivity index is 0. The number of nitrogens with zero attached hydrogens (tertiary/aromatic N) is 1. The number of carbonyl (C=O) groups excluding carboxylic acids is 5. The SMILES string of the molecule is CNC(=O)CCNC(=O)Cc1cccc([N-]C(=O)COCC(=O)NCCCCCC=O)c1.[HH].[Rb+]. The number of nitrogens with one attached hydrogen (secondary N) is 3. The summed E-state index contributed by atoms with van der Waals surface area (Å²) in [7, 11) is 1.53. The number of hydrogen-bond donors (Lipinski definition) is 3. The number of benzene rings is 1. The van der Waals surface area contributed by atoms with E-state index in [2.05, 4.69) is 21.3 Å². The molecule has 0 heterocycles. The fraction of sp³-hybridized carbons (Fsp3) is 0.500. The minimum Gasteiger partial charge on any atom is -0.625 e. The zero-order valence-electron chi connectivity index (χ0n) is 19.4. The number of amides is 4. The summed E-state index contributed by atoms with van der Waals surface area (Å²) in [4.78, 5) is 56.9. The minimum atomic E-state index is -0.543. The van der Waals surface area contributed by atoms with Crippen LogP contribution in [0.15, 0.2) is 24.3 Å².